The first kappa shape index (κ1) is 16.8. The third-order valence-electron chi connectivity index (χ3n) is 3.53. The first-order chi connectivity index (χ1) is 10.8. The summed E-state index contributed by atoms with van der Waals surface area (Å²) in [6.45, 7) is 6.85. The highest BCUT2D eigenvalue weighted by Crippen LogP contribution is 2.34. The van der Waals surface area contributed by atoms with Crippen LogP contribution in [-0.4, -0.2) is 11.1 Å². The summed E-state index contributed by atoms with van der Waals surface area (Å²) in [5.41, 5.74) is 1.53. The van der Waals surface area contributed by atoms with Crippen LogP contribution in [0.2, 0.25) is 0 Å². The van der Waals surface area contributed by atoms with Crippen molar-refractivity contribution in [3.8, 4) is 5.75 Å². The summed E-state index contributed by atoms with van der Waals surface area (Å²) in [7, 11) is 0. The Morgan fingerprint density at radius 1 is 1.35 bits per heavy atom. The van der Waals surface area contributed by atoms with E-state index in [0.717, 1.165) is 5.57 Å². The van der Waals surface area contributed by atoms with Gasteiger partial charge in [0.25, 0.3) is 0 Å². The maximum absolute atomic E-state index is 12.1. The summed E-state index contributed by atoms with van der Waals surface area (Å²) in [6.07, 6.45) is 1.56. The van der Waals surface area contributed by atoms with E-state index in [1.165, 1.54) is 6.92 Å². The summed E-state index contributed by atoms with van der Waals surface area (Å²) in [5, 5.41) is 11.0. The molecule has 1 N–H and O–H groups in total. The Hall–Kier alpha value is -2.56. The van der Waals surface area contributed by atoms with Crippen molar-refractivity contribution in [2.24, 2.45) is 0 Å². The maximum Gasteiger partial charge on any atom is 0.343 e. The van der Waals surface area contributed by atoms with Gasteiger partial charge in [0.2, 0.25) is 0 Å². The van der Waals surface area contributed by atoms with Crippen LogP contribution in [0.15, 0.2) is 39.1 Å². The lowest BCUT2D eigenvalue weighted by Gasteiger charge is -2.15. The first-order valence-corrected chi connectivity index (χ1v) is 7.39. The summed E-state index contributed by atoms with van der Waals surface area (Å²) in [5.74, 6) is -0.542. The van der Waals surface area contributed by atoms with Crippen LogP contribution in [0.1, 0.15) is 44.9 Å². The van der Waals surface area contributed by atoms with Crippen molar-refractivity contribution in [3.05, 3.63) is 51.4 Å². The highest BCUT2D eigenvalue weighted by atomic mass is 16.5. The fourth-order valence-electron chi connectivity index (χ4n) is 2.43. The van der Waals surface area contributed by atoms with Crippen molar-refractivity contribution < 1.29 is 19.1 Å². The van der Waals surface area contributed by atoms with E-state index in [1.54, 1.807) is 25.1 Å². The van der Waals surface area contributed by atoms with Gasteiger partial charge in [0.15, 0.2) is 0 Å². The highest BCUT2D eigenvalue weighted by molar-refractivity contribution is 5.88. The van der Waals surface area contributed by atoms with Gasteiger partial charge < -0.3 is 14.3 Å². The molecule has 23 heavy (non-hydrogen) atoms. The van der Waals surface area contributed by atoms with Crippen LogP contribution in [0.5, 0.6) is 5.75 Å². The summed E-state index contributed by atoms with van der Waals surface area (Å²) in [4.78, 5) is 23.3. The molecule has 1 heterocycles. The Bertz CT molecular complexity index is 825. The van der Waals surface area contributed by atoms with Gasteiger partial charge in [-0.2, -0.15) is 0 Å². The van der Waals surface area contributed by atoms with Crippen molar-refractivity contribution in [1.29, 1.82) is 0 Å². The van der Waals surface area contributed by atoms with Crippen molar-refractivity contribution >= 4 is 16.9 Å². The number of hydrogen-bond donors (Lipinski definition) is 1. The van der Waals surface area contributed by atoms with E-state index in [1.807, 2.05) is 19.9 Å². The molecular formula is C18H20O5. The number of allylic oxidation sites excluding steroid dienone is 2. The second kappa shape index (κ2) is 6.69. The maximum atomic E-state index is 12.1. The number of fused-ring (bicyclic) bond motifs is 1. The van der Waals surface area contributed by atoms with Crippen molar-refractivity contribution in [3.63, 3.8) is 0 Å². The quantitative estimate of drug-likeness (QED) is 0.529. The van der Waals surface area contributed by atoms with Crippen LogP contribution in [0.25, 0.3) is 11.0 Å². The van der Waals surface area contributed by atoms with Crippen LogP contribution in [0.4, 0.5) is 0 Å². The predicted molar refractivity (Wildman–Crippen MR) is 87.5 cm³/mol. The number of hydrogen-bond acceptors (Lipinski definition) is 5. The summed E-state index contributed by atoms with van der Waals surface area (Å²) >= 11 is 0. The van der Waals surface area contributed by atoms with Gasteiger partial charge in [-0.1, -0.05) is 23.8 Å². The van der Waals surface area contributed by atoms with Crippen molar-refractivity contribution in [1.82, 2.24) is 0 Å². The molecule has 1 aromatic carbocycles. The molecule has 122 valence electrons. The predicted octanol–water partition coefficient (Wildman–Crippen LogP) is 3.63. The minimum absolute atomic E-state index is 0.122. The Balaban J connectivity index is 2.67. The molecule has 5 nitrogen and oxygen atoms in total. The normalized spacial score (nSPS) is 12.0. The molecule has 0 aliphatic heterocycles. The van der Waals surface area contributed by atoms with Gasteiger partial charge in [-0.3, -0.25) is 4.79 Å². The van der Waals surface area contributed by atoms with Crippen LogP contribution in [-0.2, 0) is 16.0 Å². The number of aromatic hydroxyl groups is 1. The molecule has 1 aromatic heterocycles. The van der Waals surface area contributed by atoms with Crippen LogP contribution < -0.4 is 5.63 Å². The lowest BCUT2D eigenvalue weighted by atomic mass is 10.0. The van der Waals surface area contributed by atoms with Gasteiger partial charge in [0.05, 0.1) is 10.9 Å². The molecule has 0 radical (unpaired) electrons. The van der Waals surface area contributed by atoms with Gasteiger partial charge in [-0.05, 0) is 26.8 Å². The molecule has 0 amide bonds. The number of benzene rings is 1. The van der Waals surface area contributed by atoms with Crippen molar-refractivity contribution in [2.45, 2.75) is 40.2 Å². The molecule has 0 spiro atoms. The molecule has 0 saturated heterocycles. The molecule has 0 fully saturated rings. The van der Waals surface area contributed by atoms with Gasteiger partial charge >= 0.3 is 11.6 Å². The SMILES string of the molecule is CC(=O)OC(C)c1cccc2oc(=O)c(CC=C(C)C)c(O)c12. The van der Waals surface area contributed by atoms with E-state index >= 15 is 0 Å². The molecule has 0 saturated carbocycles. The van der Waals surface area contributed by atoms with E-state index in [2.05, 4.69) is 0 Å². The fourth-order valence-corrected chi connectivity index (χ4v) is 2.43. The smallest absolute Gasteiger partial charge is 0.343 e. The van der Waals surface area contributed by atoms with E-state index in [-0.39, 0.29) is 23.3 Å². The van der Waals surface area contributed by atoms with Gasteiger partial charge in [0, 0.05) is 18.9 Å². The Kier molecular flexibility index (Phi) is 4.89. The highest BCUT2D eigenvalue weighted by Gasteiger charge is 2.20. The molecule has 1 unspecified atom stereocenters. The zero-order valence-corrected chi connectivity index (χ0v) is 13.7. The topological polar surface area (TPSA) is 76.7 Å². The third-order valence-corrected chi connectivity index (χ3v) is 3.53. The molecule has 1 atom stereocenters. The first-order valence-electron chi connectivity index (χ1n) is 7.39. The Morgan fingerprint density at radius 3 is 2.65 bits per heavy atom. The molecule has 0 bridgehead atoms. The second-order valence-electron chi connectivity index (χ2n) is 5.67. The zero-order valence-electron chi connectivity index (χ0n) is 13.7. The Labute approximate surface area is 134 Å². The number of carbonyl (C=O) groups is 1. The largest absolute Gasteiger partial charge is 0.507 e. The minimum Gasteiger partial charge on any atom is -0.507 e. The standard InChI is InChI=1S/C18H20O5/c1-10(2)8-9-14-17(20)16-13(11(3)22-12(4)19)6-5-7-15(16)23-18(14)21/h5-8,11,20H,9H2,1-4H3. The number of rotatable bonds is 4. The fraction of sp³-hybridized carbons (Fsp3) is 0.333. The van der Waals surface area contributed by atoms with E-state index in [9.17, 15) is 14.7 Å². The summed E-state index contributed by atoms with van der Waals surface area (Å²) in [6, 6.07) is 5.03. The number of esters is 1. The van der Waals surface area contributed by atoms with E-state index in [4.69, 9.17) is 9.15 Å². The lowest BCUT2D eigenvalue weighted by molar-refractivity contribution is -0.145. The van der Waals surface area contributed by atoms with Gasteiger partial charge in [-0.15, -0.1) is 0 Å². The lowest BCUT2D eigenvalue weighted by Crippen LogP contribution is -2.10. The van der Waals surface area contributed by atoms with Crippen LogP contribution >= 0.6 is 0 Å². The van der Waals surface area contributed by atoms with Crippen molar-refractivity contribution in [2.75, 3.05) is 0 Å². The van der Waals surface area contributed by atoms with Crippen LogP contribution in [0, 0.1) is 0 Å². The van der Waals surface area contributed by atoms with Crippen LogP contribution in [0.3, 0.4) is 0 Å². The van der Waals surface area contributed by atoms with Gasteiger partial charge in [-0.25, -0.2) is 4.79 Å². The second-order valence-corrected chi connectivity index (χ2v) is 5.67. The molecular weight excluding hydrogens is 296 g/mol. The molecule has 2 aromatic rings. The average molecular weight is 316 g/mol. The third kappa shape index (κ3) is 3.62. The minimum atomic E-state index is -0.565. The number of carbonyl (C=O) groups excluding carboxylic acids is 1. The average Bonchev–Trinajstić information content (AvgIpc) is 2.45. The Morgan fingerprint density at radius 2 is 2.04 bits per heavy atom. The monoisotopic (exact) mass is 316 g/mol. The summed E-state index contributed by atoms with van der Waals surface area (Å²) < 4.78 is 10.5. The van der Waals surface area contributed by atoms with E-state index < -0.39 is 17.7 Å². The zero-order chi connectivity index (χ0) is 17.1. The van der Waals surface area contributed by atoms with Gasteiger partial charge in [0.1, 0.15) is 17.4 Å². The molecule has 5 heteroatoms. The molecule has 2 rings (SSSR count). The van der Waals surface area contributed by atoms with E-state index in [0.29, 0.717) is 10.9 Å². The molecule has 0 aliphatic carbocycles. The number of ether oxygens (including phenoxy) is 1. The molecule has 0 aliphatic rings.